The number of aromatic nitrogens is 1. The summed E-state index contributed by atoms with van der Waals surface area (Å²) in [5.74, 6) is -0.219. The van der Waals surface area contributed by atoms with Crippen molar-refractivity contribution >= 4 is 39.2 Å². The highest BCUT2D eigenvalue weighted by atomic mass is 32.2. The van der Waals surface area contributed by atoms with E-state index in [0.29, 0.717) is 16.9 Å². The lowest BCUT2D eigenvalue weighted by Gasteiger charge is -2.01. The zero-order valence-corrected chi connectivity index (χ0v) is 15.3. The average Bonchev–Trinajstić information content (AvgIpc) is 2.91. The number of amides is 1. The van der Waals surface area contributed by atoms with Crippen LogP contribution in [-0.4, -0.2) is 16.7 Å². The van der Waals surface area contributed by atoms with E-state index in [-0.39, 0.29) is 5.91 Å². The third-order valence-electron chi connectivity index (χ3n) is 3.68. The van der Waals surface area contributed by atoms with Gasteiger partial charge in [-0.3, -0.25) is 4.79 Å². The van der Waals surface area contributed by atoms with E-state index in [9.17, 15) is 4.79 Å². The van der Waals surface area contributed by atoms with E-state index in [2.05, 4.69) is 36.7 Å². The highest BCUT2D eigenvalue weighted by Gasteiger charge is 2.09. The van der Waals surface area contributed by atoms with E-state index in [1.807, 2.05) is 41.2 Å². The molecule has 1 aromatic heterocycles. The Morgan fingerprint density at radius 3 is 2.71 bits per heavy atom. The molecular formula is C19H18N2OS2. The van der Waals surface area contributed by atoms with Gasteiger partial charge in [0.15, 0.2) is 4.80 Å². The van der Waals surface area contributed by atoms with Gasteiger partial charge >= 0.3 is 0 Å². The minimum Gasteiger partial charge on any atom is -0.312 e. The van der Waals surface area contributed by atoms with Gasteiger partial charge in [0.25, 0.3) is 5.91 Å². The number of rotatable bonds is 4. The third kappa shape index (κ3) is 3.37. The number of fused-ring (bicyclic) bond motifs is 1. The van der Waals surface area contributed by atoms with Gasteiger partial charge in [0, 0.05) is 17.0 Å². The van der Waals surface area contributed by atoms with Crippen molar-refractivity contribution in [3.8, 4) is 0 Å². The van der Waals surface area contributed by atoms with Gasteiger partial charge in [-0.2, -0.15) is 4.99 Å². The Bertz CT molecular complexity index is 965. The number of nitrogens with zero attached hydrogens (tertiary/aromatic N) is 2. The van der Waals surface area contributed by atoms with E-state index in [1.165, 1.54) is 16.9 Å². The van der Waals surface area contributed by atoms with Gasteiger partial charge < -0.3 is 4.57 Å². The number of thioether (sulfide) groups is 1. The Morgan fingerprint density at radius 1 is 1.29 bits per heavy atom. The van der Waals surface area contributed by atoms with Gasteiger partial charge in [-0.1, -0.05) is 23.5 Å². The fourth-order valence-electron chi connectivity index (χ4n) is 2.46. The van der Waals surface area contributed by atoms with Crippen molar-refractivity contribution in [2.45, 2.75) is 18.4 Å². The fraction of sp³-hybridized carbons (Fsp3) is 0.158. The lowest BCUT2D eigenvalue weighted by Crippen LogP contribution is -2.16. The van der Waals surface area contributed by atoms with Crippen molar-refractivity contribution in [1.29, 1.82) is 0 Å². The van der Waals surface area contributed by atoms with Crippen LogP contribution in [0.3, 0.4) is 0 Å². The van der Waals surface area contributed by atoms with Crippen LogP contribution in [0.4, 0.5) is 0 Å². The van der Waals surface area contributed by atoms with Crippen LogP contribution < -0.4 is 4.80 Å². The Hall–Kier alpha value is -2.11. The molecule has 0 bridgehead atoms. The molecule has 3 aromatic rings. The maximum absolute atomic E-state index is 12.5. The second-order valence-corrected chi connectivity index (χ2v) is 7.29. The number of aryl methyl sites for hydroxylation is 1. The summed E-state index contributed by atoms with van der Waals surface area (Å²) in [6.45, 7) is 6.50. The van der Waals surface area contributed by atoms with Crippen LogP contribution in [0.2, 0.25) is 0 Å². The normalized spacial score (nSPS) is 11.8. The molecule has 0 saturated heterocycles. The minimum atomic E-state index is -0.219. The summed E-state index contributed by atoms with van der Waals surface area (Å²) in [5.41, 5.74) is 2.88. The second-order valence-electron chi connectivity index (χ2n) is 5.40. The Labute approximate surface area is 149 Å². The fourth-order valence-corrected chi connectivity index (χ4v) is 4.00. The molecule has 3 rings (SSSR count). The standard InChI is InChI=1S/C19H18N2OS2/c1-4-11-21-16-10-5-13(2)12-17(16)24-19(21)20-18(22)14-6-8-15(23-3)9-7-14/h4-10,12H,1,11H2,2-3H3. The van der Waals surface area contributed by atoms with Crippen molar-refractivity contribution in [1.82, 2.24) is 4.57 Å². The Balaban J connectivity index is 2.08. The van der Waals surface area contributed by atoms with Crippen molar-refractivity contribution in [3.05, 3.63) is 71.0 Å². The summed E-state index contributed by atoms with van der Waals surface area (Å²) in [6.07, 6.45) is 3.83. The molecule has 2 aromatic carbocycles. The summed E-state index contributed by atoms with van der Waals surface area (Å²) in [6, 6.07) is 13.8. The van der Waals surface area contributed by atoms with E-state index in [1.54, 1.807) is 11.8 Å². The molecule has 24 heavy (non-hydrogen) atoms. The maximum atomic E-state index is 12.5. The predicted octanol–water partition coefficient (Wildman–Crippen LogP) is 4.66. The van der Waals surface area contributed by atoms with Crippen molar-refractivity contribution in [2.24, 2.45) is 4.99 Å². The van der Waals surface area contributed by atoms with E-state index < -0.39 is 0 Å². The molecule has 0 unspecified atom stereocenters. The first-order chi connectivity index (χ1) is 11.6. The smallest absolute Gasteiger partial charge is 0.279 e. The van der Waals surface area contributed by atoms with Crippen LogP contribution in [0.15, 0.2) is 65.0 Å². The lowest BCUT2D eigenvalue weighted by atomic mass is 10.2. The van der Waals surface area contributed by atoms with Crippen LogP contribution >= 0.6 is 23.1 Å². The predicted molar refractivity (Wildman–Crippen MR) is 103 cm³/mol. The monoisotopic (exact) mass is 354 g/mol. The number of allylic oxidation sites excluding steroid dienone is 1. The first kappa shape index (κ1) is 16.7. The summed E-state index contributed by atoms with van der Waals surface area (Å²) >= 11 is 3.18. The molecule has 0 N–H and O–H groups in total. The number of carbonyl (C=O) groups excluding carboxylic acids is 1. The molecule has 122 valence electrons. The molecule has 3 nitrogen and oxygen atoms in total. The van der Waals surface area contributed by atoms with E-state index in [4.69, 9.17) is 0 Å². The van der Waals surface area contributed by atoms with Crippen molar-refractivity contribution in [3.63, 3.8) is 0 Å². The van der Waals surface area contributed by atoms with Crippen LogP contribution in [-0.2, 0) is 6.54 Å². The number of benzene rings is 2. The molecule has 0 aliphatic rings. The molecule has 0 fully saturated rings. The molecule has 0 radical (unpaired) electrons. The van der Waals surface area contributed by atoms with Crippen molar-refractivity contribution < 1.29 is 4.79 Å². The Kier molecular flexibility index (Phi) is 5.02. The topological polar surface area (TPSA) is 34.4 Å². The summed E-state index contributed by atoms with van der Waals surface area (Å²) in [7, 11) is 0. The van der Waals surface area contributed by atoms with Crippen molar-refractivity contribution in [2.75, 3.05) is 6.26 Å². The zero-order chi connectivity index (χ0) is 17.1. The highest BCUT2D eigenvalue weighted by molar-refractivity contribution is 7.98. The van der Waals surface area contributed by atoms with Crippen LogP contribution in [0.5, 0.6) is 0 Å². The van der Waals surface area contributed by atoms with Crippen LogP contribution in [0.1, 0.15) is 15.9 Å². The molecular weight excluding hydrogens is 336 g/mol. The average molecular weight is 355 g/mol. The molecule has 0 aliphatic carbocycles. The number of hydrogen-bond acceptors (Lipinski definition) is 3. The van der Waals surface area contributed by atoms with Gasteiger partial charge in [-0.25, -0.2) is 0 Å². The number of carbonyl (C=O) groups is 1. The van der Waals surface area contributed by atoms with E-state index >= 15 is 0 Å². The molecule has 0 spiro atoms. The SMILES string of the molecule is C=CCn1c(=NC(=O)c2ccc(SC)cc2)sc2cc(C)ccc21. The van der Waals surface area contributed by atoms with Crippen LogP contribution in [0, 0.1) is 6.92 Å². The quantitative estimate of drug-likeness (QED) is 0.504. The van der Waals surface area contributed by atoms with E-state index in [0.717, 1.165) is 15.1 Å². The second kappa shape index (κ2) is 7.20. The first-order valence-corrected chi connectivity index (χ1v) is 9.60. The molecule has 0 saturated carbocycles. The zero-order valence-electron chi connectivity index (χ0n) is 13.7. The molecule has 1 heterocycles. The van der Waals surface area contributed by atoms with Gasteiger partial charge in [-0.05, 0) is 55.1 Å². The van der Waals surface area contributed by atoms with Crippen LogP contribution in [0.25, 0.3) is 10.2 Å². The summed E-state index contributed by atoms with van der Waals surface area (Å²) in [5, 5.41) is 0. The summed E-state index contributed by atoms with van der Waals surface area (Å²) < 4.78 is 3.15. The largest absolute Gasteiger partial charge is 0.312 e. The van der Waals surface area contributed by atoms with Gasteiger partial charge in [0.2, 0.25) is 0 Å². The molecule has 0 atom stereocenters. The van der Waals surface area contributed by atoms with Gasteiger partial charge in [-0.15, -0.1) is 18.3 Å². The first-order valence-electron chi connectivity index (χ1n) is 7.56. The molecule has 0 aliphatic heterocycles. The minimum absolute atomic E-state index is 0.219. The highest BCUT2D eigenvalue weighted by Crippen LogP contribution is 2.19. The molecule has 5 heteroatoms. The summed E-state index contributed by atoms with van der Waals surface area (Å²) in [4.78, 5) is 18.7. The lowest BCUT2D eigenvalue weighted by molar-refractivity contribution is 0.0998. The number of thiazole rings is 1. The van der Waals surface area contributed by atoms with Gasteiger partial charge in [0.1, 0.15) is 0 Å². The maximum Gasteiger partial charge on any atom is 0.279 e. The van der Waals surface area contributed by atoms with Gasteiger partial charge in [0.05, 0.1) is 10.2 Å². The Morgan fingerprint density at radius 2 is 2.04 bits per heavy atom. The third-order valence-corrected chi connectivity index (χ3v) is 5.47. The number of hydrogen-bond donors (Lipinski definition) is 0. The molecule has 1 amide bonds.